The molecule has 1 amide bonds. The monoisotopic (exact) mass is 334 g/mol. The number of primary amides is 1. The van der Waals surface area contributed by atoms with Crippen LogP contribution in [0.3, 0.4) is 0 Å². The first-order chi connectivity index (χ1) is 11.0. The van der Waals surface area contributed by atoms with E-state index in [1.807, 2.05) is 6.92 Å². The summed E-state index contributed by atoms with van der Waals surface area (Å²) >= 11 is 1.13. The molecule has 122 valence electrons. The summed E-state index contributed by atoms with van der Waals surface area (Å²) in [7, 11) is 0. The SMILES string of the molecule is CC[C@H](CO)Nc1cc[nH]c(=O)c1C(=N)c1csc(C(N)=O)c1. The van der Waals surface area contributed by atoms with Gasteiger partial charge in [0.1, 0.15) is 0 Å². The number of hydrogen-bond acceptors (Lipinski definition) is 6. The molecule has 0 saturated heterocycles. The maximum atomic E-state index is 12.2. The lowest BCUT2D eigenvalue weighted by Gasteiger charge is -2.18. The number of nitrogens with one attached hydrogen (secondary N) is 3. The Balaban J connectivity index is 2.42. The Morgan fingerprint density at radius 1 is 1.57 bits per heavy atom. The minimum absolute atomic E-state index is 0.00843. The fourth-order valence-corrected chi connectivity index (χ4v) is 2.84. The third kappa shape index (κ3) is 3.66. The molecule has 0 aromatic carbocycles. The quantitative estimate of drug-likeness (QED) is 0.486. The van der Waals surface area contributed by atoms with Crippen LogP contribution in [-0.4, -0.2) is 34.4 Å². The van der Waals surface area contributed by atoms with Crippen molar-refractivity contribution in [2.45, 2.75) is 19.4 Å². The second kappa shape index (κ2) is 7.21. The molecule has 2 rings (SSSR count). The number of rotatable bonds is 7. The van der Waals surface area contributed by atoms with Crippen molar-refractivity contribution in [2.75, 3.05) is 11.9 Å². The van der Waals surface area contributed by atoms with E-state index in [1.54, 1.807) is 11.4 Å². The maximum Gasteiger partial charge on any atom is 0.259 e. The highest BCUT2D eigenvalue weighted by Gasteiger charge is 2.18. The summed E-state index contributed by atoms with van der Waals surface area (Å²) in [5, 5.41) is 22.3. The van der Waals surface area contributed by atoms with Crippen molar-refractivity contribution in [1.82, 2.24) is 4.98 Å². The van der Waals surface area contributed by atoms with E-state index in [2.05, 4.69) is 10.3 Å². The van der Waals surface area contributed by atoms with E-state index >= 15 is 0 Å². The first kappa shape index (κ1) is 16.9. The van der Waals surface area contributed by atoms with Crippen molar-refractivity contribution in [3.8, 4) is 0 Å². The van der Waals surface area contributed by atoms with Gasteiger partial charge in [0, 0.05) is 23.2 Å². The van der Waals surface area contributed by atoms with Gasteiger partial charge in [-0.15, -0.1) is 11.3 Å². The number of thiophene rings is 1. The summed E-state index contributed by atoms with van der Waals surface area (Å²) in [6, 6.07) is 2.92. The van der Waals surface area contributed by atoms with Gasteiger partial charge < -0.3 is 21.1 Å². The molecule has 0 unspecified atom stereocenters. The van der Waals surface area contributed by atoms with Gasteiger partial charge in [0.15, 0.2) is 0 Å². The van der Waals surface area contributed by atoms with E-state index < -0.39 is 11.5 Å². The summed E-state index contributed by atoms with van der Waals surface area (Å²) in [6.45, 7) is 1.82. The van der Waals surface area contributed by atoms with E-state index in [0.29, 0.717) is 22.5 Å². The summed E-state index contributed by atoms with van der Waals surface area (Å²) in [5.74, 6) is -0.569. The molecule has 2 aromatic heterocycles. The largest absolute Gasteiger partial charge is 0.394 e. The number of anilines is 1. The van der Waals surface area contributed by atoms with Gasteiger partial charge in [-0.1, -0.05) is 6.92 Å². The highest BCUT2D eigenvalue weighted by molar-refractivity contribution is 7.12. The van der Waals surface area contributed by atoms with Crippen molar-refractivity contribution in [3.05, 3.63) is 50.1 Å². The summed E-state index contributed by atoms with van der Waals surface area (Å²) < 4.78 is 0. The van der Waals surface area contributed by atoms with Crippen LogP contribution in [0, 0.1) is 5.41 Å². The lowest BCUT2D eigenvalue weighted by molar-refractivity contribution is 0.100. The lowest BCUT2D eigenvalue weighted by Crippen LogP contribution is -2.27. The number of hydrogen-bond donors (Lipinski definition) is 5. The van der Waals surface area contributed by atoms with Gasteiger partial charge in [-0.25, -0.2) is 0 Å². The number of pyridine rings is 1. The molecule has 0 spiro atoms. The van der Waals surface area contributed by atoms with E-state index in [-0.39, 0.29) is 23.9 Å². The molecule has 1 atom stereocenters. The maximum absolute atomic E-state index is 12.2. The average molecular weight is 334 g/mol. The Morgan fingerprint density at radius 2 is 2.30 bits per heavy atom. The zero-order valence-corrected chi connectivity index (χ0v) is 13.4. The third-order valence-corrected chi connectivity index (χ3v) is 4.36. The predicted octanol–water partition coefficient (Wildman–Crippen LogP) is 1.13. The number of carbonyl (C=O) groups excluding carboxylic acids is 1. The standard InChI is InChI=1S/C15H18N4O3S/c1-2-9(6-20)19-10-3-4-18-15(22)12(10)13(16)8-5-11(14(17)21)23-7-8/h3-5,7,9,16,20H,2,6H2,1H3,(H2,17,21)(H2,18,19,22)/t9-/m1/s1. The molecule has 0 bridgehead atoms. The predicted molar refractivity (Wildman–Crippen MR) is 90.6 cm³/mol. The second-order valence-corrected chi connectivity index (χ2v) is 5.88. The van der Waals surface area contributed by atoms with Crippen molar-refractivity contribution in [2.24, 2.45) is 5.73 Å². The van der Waals surface area contributed by atoms with E-state index in [4.69, 9.17) is 11.1 Å². The first-order valence-corrected chi connectivity index (χ1v) is 7.92. The number of aromatic amines is 1. The van der Waals surface area contributed by atoms with Crippen molar-refractivity contribution < 1.29 is 9.90 Å². The summed E-state index contributed by atoms with van der Waals surface area (Å²) in [4.78, 5) is 26.2. The topological polar surface area (TPSA) is 132 Å². The molecule has 6 N–H and O–H groups in total. The fraction of sp³-hybridized carbons (Fsp3) is 0.267. The molecule has 8 heteroatoms. The fourth-order valence-electron chi connectivity index (χ4n) is 2.08. The normalized spacial score (nSPS) is 11.9. The van der Waals surface area contributed by atoms with Gasteiger partial charge in [-0.05, 0) is 18.6 Å². The van der Waals surface area contributed by atoms with Crippen LogP contribution in [0.1, 0.15) is 34.1 Å². The molecule has 0 aliphatic carbocycles. The molecule has 0 radical (unpaired) electrons. The van der Waals surface area contributed by atoms with Gasteiger partial charge >= 0.3 is 0 Å². The molecule has 0 fully saturated rings. The van der Waals surface area contributed by atoms with Crippen LogP contribution < -0.4 is 16.6 Å². The summed E-state index contributed by atoms with van der Waals surface area (Å²) in [5.41, 5.74) is 5.86. The van der Waals surface area contributed by atoms with Crippen LogP contribution in [0.5, 0.6) is 0 Å². The molecule has 2 heterocycles. The minimum atomic E-state index is -0.569. The Morgan fingerprint density at radius 3 is 2.87 bits per heavy atom. The smallest absolute Gasteiger partial charge is 0.259 e. The number of aliphatic hydroxyl groups is 1. The highest BCUT2D eigenvalue weighted by atomic mass is 32.1. The van der Waals surface area contributed by atoms with Crippen LogP contribution in [0.2, 0.25) is 0 Å². The highest BCUT2D eigenvalue weighted by Crippen LogP contribution is 2.21. The first-order valence-electron chi connectivity index (χ1n) is 7.04. The molecular weight excluding hydrogens is 316 g/mol. The van der Waals surface area contributed by atoms with Gasteiger partial charge in [0.05, 0.1) is 28.4 Å². The van der Waals surface area contributed by atoms with Crippen LogP contribution in [-0.2, 0) is 0 Å². The lowest BCUT2D eigenvalue weighted by atomic mass is 10.0. The molecule has 23 heavy (non-hydrogen) atoms. The number of aliphatic hydroxyl groups excluding tert-OH is 1. The third-order valence-electron chi connectivity index (χ3n) is 3.41. The van der Waals surface area contributed by atoms with Gasteiger partial charge in [0.25, 0.3) is 11.5 Å². The molecule has 7 nitrogen and oxygen atoms in total. The van der Waals surface area contributed by atoms with Crippen LogP contribution >= 0.6 is 11.3 Å². The van der Waals surface area contributed by atoms with E-state index in [9.17, 15) is 14.7 Å². The molecule has 0 aliphatic rings. The van der Waals surface area contributed by atoms with Crippen molar-refractivity contribution >= 4 is 28.6 Å². The summed E-state index contributed by atoms with van der Waals surface area (Å²) in [6.07, 6.45) is 2.15. The van der Waals surface area contributed by atoms with Crippen LogP contribution in [0.4, 0.5) is 5.69 Å². The van der Waals surface area contributed by atoms with Gasteiger partial charge in [-0.2, -0.15) is 0 Å². The van der Waals surface area contributed by atoms with Crippen LogP contribution in [0.25, 0.3) is 0 Å². The Bertz CT molecular complexity index is 777. The molecule has 0 saturated carbocycles. The Kier molecular flexibility index (Phi) is 5.30. The van der Waals surface area contributed by atoms with Gasteiger partial charge in [-0.3, -0.25) is 15.0 Å². The number of carbonyl (C=O) groups is 1. The zero-order valence-electron chi connectivity index (χ0n) is 12.6. The van der Waals surface area contributed by atoms with Crippen LogP contribution in [0.15, 0.2) is 28.5 Å². The number of aromatic nitrogens is 1. The molecular formula is C15H18N4O3S. The van der Waals surface area contributed by atoms with Gasteiger partial charge in [0.2, 0.25) is 0 Å². The van der Waals surface area contributed by atoms with Crippen molar-refractivity contribution in [3.63, 3.8) is 0 Å². The number of nitrogens with two attached hydrogens (primary N) is 1. The Labute approximate surface area is 136 Å². The number of H-pyrrole nitrogens is 1. The van der Waals surface area contributed by atoms with E-state index in [0.717, 1.165) is 11.3 Å². The van der Waals surface area contributed by atoms with Crippen molar-refractivity contribution in [1.29, 1.82) is 5.41 Å². The minimum Gasteiger partial charge on any atom is -0.394 e. The average Bonchev–Trinajstić information content (AvgIpc) is 3.02. The zero-order chi connectivity index (χ0) is 17.0. The second-order valence-electron chi connectivity index (χ2n) is 4.97. The number of amides is 1. The Hall–Kier alpha value is -2.45. The van der Waals surface area contributed by atoms with E-state index in [1.165, 1.54) is 12.3 Å². The molecule has 0 aliphatic heterocycles. The molecule has 2 aromatic rings.